The molecule has 3 aromatic rings. The molecule has 0 bridgehead atoms. The first-order valence-corrected chi connectivity index (χ1v) is 9.20. The van der Waals surface area contributed by atoms with Crippen LogP contribution in [0.1, 0.15) is 28.7 Å². The van der Waals surface area contributed by atoms with E-state index in [1.54, 1.807) is 18.0 Å². The first-order chi connectivity index (χ1) is 13.6. The molecule has 1 N–H and O–H groups in total. The van der Waals surface area contributed by atoms with Gasteiger partial charge in [0.05, 0.1) is 12.3 Å². The maximum atomic E-state index is 12.9. The quantitative estimate of drug-likeness (QED) is 0.669. The first-order valence-electron chi connectivity index (χ1n) is 9.20. The van der Waals surface area contributed by atoms with E-state index in [0.717, 1.165) is 11.3 Å². The predicted octanol–water partition coefficient (Wildman–Crippen LogP) is 4.20. The van der Waals surface area contributed by atoms with E-state index in [1.165, 1.54) is 0 Å². The molecule has 0 unspecified atom stereocenters. The van der Waals surface area contributed by atoms with Gasteiger partial charge in [-0.05, 0) is 37.6 Å². The summed E-state index contributed by atoms with van der Waals surface area (Å²) in [6.45, 7) is 4.84. The highest BCUT2D eigenvalue weighted by atomic mass is 16.5. The fourth-order valence-electron chi connectivity index (χ4n) is 2.83. The van der Waals surface area contributed by atoms with Crippen LogP contribution in [-0.4, -0.2) is 34.4 Å². The minimum absolute atomic E-state index is 0.157. The lowest BCUT2D eigenvalue weighted by atomic mass is 10.2. The van der Waals surface area contributed by atoms with Crippen LogP contribution in [0.2, 0.25) is 0 Å². The number of para-hydroxylation sites is 2. The highest BCUT2D eigenvalue weighted by molar-refractivity contribution is 5.92. The molecule has 0 aliphatic carbocycles. The highest BCUT2D eigenvalue weighted by Gasteiger charge is 2.16. The fraction of sp³-hybridized carbons (Fsp3) is 0.227. The summed E-state index contributed by atoms with van der Waals surface area (Å²) in [6, 6.07) is 19.1. The molecule has 0 radical (unpaired) electrons. The van der Waals surface area contributed by atoms with Crippen molar-refractivity contribution in [3.63, 3.8) is 0 Å². The van der Waals surface area contributed by atoms with Crippen LogP contribution >= 0.6 is 0 Å². The Morgan fingerprint density at radius 1 is 1.07 bits per heavy atom. The Labute approximate surface area is 165 Å². The molecule has 0 aliphatic rings. The normalized spacial score (nSPS) is 10.4. The number of benzene rings is 2. The molecule has 3 rings (SSSR count). The summed E-state index contributed by atoms with van der Waals surface area (Å²) < 4.78 is 5.63. The third kappa shape index (κ3) is 4.85. The van der Waals surface area contributed by atoms with Gasteiger partial charge < -0.3 is 15.0 Å². The Morgan fingerprint density at radius 3 is 2.54 bits per heavy atom. The molecular weight excluding hydrogens is 352 g/mol. The summed E-state index contributed by atoms with van der Waals surface area (Å²) >= 11 is 0. The number of hydrogen-bond acceptors (Lipinski definition) is 5. The number of nitrogens with zero attached hydrogens (tertiary/aromatic N) is 3. The number of aryl methyl sites for hydroxylation is 1. The summed E-state index contributed by atoms with van der Waals surface area (Å²) in [5.74, 6) is 0.920. The van der Waals surface area contributed by atoms with Gasteiger partial charge in [-0.1, -0.05) is 42.5 Å². The molecule has 0 saturated heterocycles. The van der Waals surface area contributed by atoms with Crippen molar-refractivity contribution in [3.05, 3.63) is 77.6 Å². The molecule has 0 aliphatic heterocycles. The van der Waals surface area contributed by atoms with Crippen molar-refractivity contribution in [3.8, 4) is 5.75 Å². The molecule has 1 amide bonds. The van der Waals surface area contributed by atoms with Crippen LogP contribution < -0.4 is 10.1 Å². The number of amides is 1. The number of hydrogen-bond donors (Lipinski definition) is 1. The maximum Gasteiger partial charge on any atom is 0.272 e. The van der Waals surface area contributed by atoms with Crippen molar-refractivity contribution in [1.82, 2.24) is 14.9 Å². The third-order valence-corrected chi connectivity index (χ3v) is 4.12. The molecule has 2 aromatic carbocycles. The molecule has 144 valence electrons. The molecule has 1 aromatic heterocycles. The van der Waals surface area contributed by atoms with Crippen LogP contribution in [-0.2, 0) is 6.54 Å². The van der Waals surface area contributed by atoms with E-state index in [0.29, 0.717) is 36.2 Å². The predicted molar refractivity (Wildman–Crippen MR) is 110 cm³/mol. The van der Waals surface area contributed by atoms with Crippen LogP contribution in [0.25, 0.3) is 0 Å². The Balaban J connectivity index is 1.80. The van der Waals surface area contributed by atoms with Crippen LogP contribution in [0.4, 0.5) is 11.6 Å². The standard InChI is InChI=1S/C22H24N4O2/c1-4-28-20-13-9-8-12-18(20)24-22-23-16(2)14-19(25-22)21(27)26(3)15-17-10-6-5-7-11-17/h5-14H,4,15H2,1-3H3,(H,23,24,25). The van der Waals surface area contributed by atoms with Gasteiger partial charge in [0.1, 0.15) is 11.4 Å². The largest absolute Gasteiger partial charge is 0.492 e. The molecular formula is C22H24N4O2. The number of ether oxygens (including phenoxy) is 1. The van der Waals surface area contributed by atoms with Gasteiger partial charge in [0.25, 0.3) is 5.91 Å². The van der Waals surface area contributed by atoms with E-state index in [-0.39, 0.29) is 5.91 Å². The Hall–Kier alpha value is -3.41. The Bertz CT molecular complexity index is 944. The molecule has 0 fully saturated rings. The minimum Gasteiger partial charge on any atom is -0.492 e. The molecule has 0 atom stereocenters. The third-order valence-electron chi connectivity index (χ3n) is 4.12. The SMILES string of the molecule is CCOc1ccccc1Nc1nc(C)cc(C(=O)N(C)Cc2ccccc2)n1. The average molecular weight is 376 g/mol. The van der Waals surface area contributed by atoms with Gasteiger partial charge in [-0.15, -0.1) is 0 Å². The number of carbonyl (C=O) groups excluding carboxylic acids is 1. The second-order valence-corrected chi connectivity index (χ2v) is 6.42. The van der Waals surface area contributed by atoms with Crippen molar-refractivity contribution < 1.29 is 9.53 Å². The molecule has 1 heterocycles. The Kier molecular flexibility index (Phi) is 6.22. The monoisotopic (exact) mass is 376 g/mol. The van der Waals surface area contributed by atoms with Crippen molar-refractivity contribution in [2.75, 3.05) is 19.0 Å². The zero-order valence-corrected chi connectivity index (χ0v) is 16.3. The van der Waals surface area contributed by atoms with Gasteiger partial charge in [-0.25, -0.2) is 9.97 Å². The fourth-order valence-corrected chi connectivity index (χ4v) is 2.83. The average Bonchev–Trinajstić information content (AvgIpc) is 2.69. The van der Waals surface area contributed by atoms with E-state index >= 15 is 0 Å². The first kappa shape index (κ1) is 19.4. The van der Waals surface area contributed by atoms with Crippen LogP contribution in [0.5, 0.6) is 5.75 Å². The molecule has 6 heteroatoms. The van der Waals surface area contributed by atoms with Crippen LogP contribution in [0.15, 0.2) is 60.7 Å². The van der Waals surface area contributed by atoms with E-state index in [9.17, 15) is 4.79 Å². The molecule has 6 nitrogen and oxygen atoms in total. The summed E-state index contributed by atoms with van der Waals surface area (Å²) in [5.41, 5.74) is 2.88. The summed E-state index contributed by atoms with van der Waals surface area (Å²) in [4.78, 5) is 23.3. The second-order valence-electron chi connectivity index (χ2n) is 6.42. The number of anilines is 2. The number of carbonyl (C=O) groups is 1. The zero-order chi connectivity index (χ0) is 19.9. The van der Waals surface area contributed by atoms with E-state index < -0.39 is 0 Å². The lowest BCUT2D eigenvalue weighted by molar-refractivity contribution is 0.0779. The van der Waals surface area contributed by atoms with Gasteiger partial charge in [-0.2, -0.15) is 0 Å². The summed E-state index contributed by atoms with van der Waals surface area (Å²) in [7, 11) is 1.77. The van der Waals surface area contributed by atoms with E-state index in [1.807, 2.05) is 68.4 Å². The molecule has 0 spiro atoms. The highest BCUT2D eigenvalue weighted by Crippen LogP contribution is 2.26. The minimum atomic E-state index is -0.157. The van der Waals surface area contributed by atoms with Gasteiger partial charge in [0.2, 0.25) is 5.95 Å². The number of aromatic nitrogens is 2. The lowest BCUT2D eigenvalue weighted by Gasteiger charge is -2.18. The topological polar surface area (TPSA) is 67.3 Å². The lowest BCUT2D eigenvalue weighted by Crippen LogP contribution is -2.27. The van der Waals surface area contributed by atoms with Gasteiger partial charge in [0, 0.05) is 19.3 Å². The van der Waals surface area contributed by atoms with Crippen molar-refractivity contribution >= 4 is 17.5 Å². The van der Waals surface area contributed by atoms with Gasteiger partial charge in [0.15, 0.2) is 0 Å². The van der Waals surface area contributed by atoms with Crippen molar-refractivity contribution in [1.29, 1.82) is 0 Å². The number of nitrogens with one attached hydrogen (secondary N) is 1. The van der Waals surface area contributed by atoms with Gasteiger partial charge >= 0.3 is 0 Å². The van der Waals surface area contributed by atoms with E-state index in [2.05, 4.69) is 15.3 Å². The summed E-state index contributed by atoms with van der Waals surface area (Å²) in [6.07, 6.45) is 0. The van der Waals surface area contributed by atoms with Crippen LogP contribution in [0, 0.1) is 6.92 Å². The van der Waals surface area contributed by atoms with Gasteiger partial charge in [-0.3, -0.25) is 4.79 Å². The maximum absolute atomic E-state index is 12.9. The van der Waals surface area contributed by atoms with Crippen LogP contribution in [0.3, 0.4) is 0 Å². The van der Waals surface area contributed by atoms with Crippen molar-refractivity contribution in [2.24, 2.45) is 0 Å². The molecule has 28 heavy (non-hydrogen) atoms. The zero-order valence-electron chi connectivity index (χ0n) is 16.3. The van der Waals surface area contributed by atoms with Crippen molar-refractivity contribution in [2.45, 2.75) is 20.4 Å². The smallest absolute Gasteiger partial charge is 0.272 e. The second kappa shape index (κ2) is 8.99. The Morgan fingerprint density at radius 2 is 1.79 bits per heavy atom. The van der Waals surface area contributed by atoms with E-state index in [4.69, 9.17) is 4.74 Å². The molecule has 0 saturated carbocycles. The number of rotatable bonds is 7. The summed E-state index contributed by atoms with van der Waals surface area (Å²) in [5, 5.41) is 3.16.